The molecule has 0 saturated heterocycles. The first-order valence-corrected chi connectivity index (χ1v) is 6.69. The molecule has 6 heteroatoms. The van der Waals surface area contributed by atoms with E-state index in [4.69, 9.17) is 4.74 Å². The predicted molar refractivity (Wildman–Crippen MR) is 81.5 cm³/mol. The van der Waals surface area contributed by atoms with E-state index in [1.54, 1.807) is 18.3 Å². The number of nitro groups is 1. The Hall–Kier alpha value is -3.15. The average molecular weight is 295 g/mol. The van der Waals surface area contributed by atoms with Crippen molar-refractivity contribution in [2.75, 3.05) is 0 Å². The monoisotopic (exact) mass is 295 g/mol. The average Bonchev–Trinajstić information content (AvgIpc) is 3.02. The number of hydrogen-bond donors (Lipinski definition) is 1. The van der Waals surface area contributed by atoms with Crippen LogP contribution in [-0.4, -0.2) is 15.1 Å². The number of ether oxygens (including phenoxy) is 1. The summed E-state index contributed by atoms with van der Waals surface area (Å²) in [4.78, 5) is 10.3. The molecule has 0 bridgehead atoms. The first-order valence-electron chi connectivity index (χ1n) is 6.69. The van der Waals surface area contributed by atoms with Crippen molar-refractivity contribution in [2.24, 2.45) is 0 Å². The van der Waals surface area contributed by atoms with Crippen molar-refractivity contribution in [2.45, 2.75) is 6.61 Å². The van der Waals surface area contributed by atoms with Crippen LogP contribution in [0.3, 0.4) is 0 Å². The molecule has 0 fully saturated rings. The lowest BCUT2D eigenvalue weighted by atomic mass is 10.1. The fourth-order valence-corrected chi connectivity index (χ4v) is 2.08. The molecule has 22 heavy (non-hydrogen) atoms. The molecule has 0 aliphatic carbocycles. The smallest absolute Gasteiger partial charge is 0.269 e. The third-order valence-electron chi connectivity index (χ3n) is 3.22. The lowest BCUT2D eigenvalue weighted by Crippen LogP contribution is -1.96. The Labute approximate surface area is 126 Å². The van der Waals surface area contributed by atoms with Crippen molar-refractivity contribution >= 4 is 5.69 Å². The molecule has 0 aliphatic rings. The highest BCUT2D eigenvalue weighted by atomic mass is 16.6. The minimum Gasteiger partial charge on any atom is -0.473 e. The van der Waals surface area contributed by atoms with E-state index in [2.05, 4.69) is 10.2 Å². The number of nitrogens with zero attached hydrogens (tertiary/aromatic N) is 2. The molecule has 0 saturated carbocycles. The normalized spacial score (nSPS) is 10.4. The Balaban J connectivity index is 1.78. The number of non-ortho nitro benzene ring substituents is 1. The number of hydrogen-bond acceptors (Lipinski definition) is 4. The van der Waals surface area contributed by atoms with Crippen LogP contribution in [0.2, 0.25) is 0 Å². The number of aromatic nitrogens is 2. The van der Waals surface area contributed by atoms with Crippen LogP contribution in [-0.2, 0) is 6.61 Å². The largest absolute Gasteiger partial charge is 0.473 e. The summed E-state index contributed by atoms with van der Waals surface area (Å²) in [5.41, 5.74) is 2.68. The van der Waals surface area contributed by atoms with E-state index in [0.717, 1.165) is 16.7 Å². The molecular weight excluding hydrogens is 282 g/mol. The summed E-state index contributed by atoms with van der Waals surface area (Å²) in [5.74, 6) is 0.540. The van der Waals surface area contributed by atoms with Crippen molar-refractivity contribution in [3.8, 4) is 17.0 Å². The first-order chi connectivity index (χ1) is 10.7. The van der Waals surface area contributed by atoms with Gasteiger partial charge in [0, 0.05) is 12.1 Å². The number of aromatic amines is 1. The SMILES string of the molecule is O=[N+]([O-])c1ccc(-c2cn[nH]c2OCc2ccccc2)cc1. The van der Waals surface area contributed by atoms with Gasteiger partial charge in [-0.05, 0) is 23.3 Å². The molecule has 0 atom stereocenters. The van der Waals surface area contributed by atoms with Gasteiger partial charge in [-0.3, -0.25) is 10.1 Å². The van der Waals surface area contributed by atoms with Crippen LogP contribution in [0.1, 0.15) is 5.56 Å². The first kappa shape index (κ1) is 13.8. The molecular formula is C16H13N3O3. The van der Waals surface area contributed by atoms with E-state index in [0.29, 0.717) is 12.5 Å². The van der Waals surface area contributed by atoms with E-state index < -0.39 is 4.92 Å². The Kier molecular flexibility index (Phi) is 3.82. The fourth-order valence-electron chi connectivity index (χ4n) is 2.08. The third-order valence-corrected chi connectivity index (χ3v) is 3.22. The van der Waals surface area contributed by atoms with Gasteiger partial charge in [0.15, 0.2) is 0 Å². The minimum absolute atomic E-state index is 0.0546. The maximum absolute atomic E-state index is 10.7. The second kappa shape index (κ2) is 6.09. The molecule has 0 aliphatic heterocycles. The zero-order valence-electron chi connectivity index (χ0n) is 11.6. The predicted octanol–water partition coefficient (Wildman–Crippen LogP) is 3.56. The third kappa shape index (κ3) is 2.95. The van der Waals surface area contributed by atoms with E-state index >= 15 is 0 Å². The highest BCUT2D eigenvalue weighted by molar-refractivity contribution is 5.68. The molecule has 3 rings (SSSR count). The number of nitrogens with one attached hydrogen (secondary N) is 1. The summed E-state index contributed by atoms with van der Waals surface area (Å²) < 4.78 is 5.74. The van der Waals surface area contributed by atoms with Crippen LogP contribution < -0.4 is 4.74 Å². The van der Waals surface area contributed by atoms with Gasteiger partial charge in [0.2, 0.25) is 5.88 Å². The molecule has 1 N–H and O–H groups in total. The van der Waals surface area contributed by atoms with Crippen molar-refractivity contribution in [1.29, 1.82) is 0 Å². The van der Waals surface area contributed by atoms with Gasteiger partial charge in [-0.15, -0.1) is 0 Å². The Bertz CT molecular complexity index is 767. The van der Waals surface area contributed by atoms with E-state index in [9.17, 15) is 10.1 Å². The summed E-state index contributed by atoms with van der Waals surface area (Å²) in [7, 11) is 0. The van der Waals surface area contributed by atoms with Crippen LogP contribution in [0.25, 0.3) is 11.1 Å². The minimum atomic E-state index is -0.425. The summed E-state index contributed by atoms with van der Waals surface area (Å²) in [5, 5.41) is 17.5. The topological polar surface area (TPSA) is 81.0 Å². The van der Waals surface area contributed by atoms with Gasteiger partial charge in [-0.25, -0.2) is 5.10 Å². The molecule has 0 radical (unpaired) electrons. The second-order valence-electron chi connectivity index (χ2n) is 4.69. The lowest BCUT2D eigenvalue weighted by molar-refractivity contribution is -0.384. The molecule has 1 heterocycles. The molecule has 110 valence electrons. The Morgan fingerprint density at radius 2 is 1.82 bits per heavy atom. The number of benzene rings is 2. The van der Waals surface area contributed by atoms with E-state index in [-0.39, 0.29) is 5.69 Å². The maximum atomic E-state index is 10.7. The lowest BCUT2D eigenvalue weighted by Gasteiger charge is -2.06. The zero-order chi connectivity index (χ0) is 15.4. The highest BCUT2D eigenvalue weighted by Crippen LogP contribution is 2.29. The summed E-state index contributed by atoms with van der Waals surface area (Å²) in [6.45, 7) is 0.420. The van der Waals surface area contributed by atoms with Crippen LogP contribution >= 0.6 is 0 Å². The van der Waals surface area contributed by atoms with Gasteiger partial charge in [0.1, 0.15) is 6.61 Å². The van der Waals surface area contributed by atoms with E-state index in [1.165, 1.54) is 12.1 Å². The fraction of sp³-hybridized carbons (Fsp3) is 0.0625. The summed E-state index contributed by atoms with van der Waals surface area (Å²) in [6.07, 6.45) is 1.64. The van der Waals surface area contributed by atoms with Gasteiger partial charge >= 0.3 is 0 Å². The summed E-state index contributed by atoms with van der Waals surface area (Å²) >= 11 is 0. The van der Waals surface area contributed by atoms with Crippen molar-refractivity contribution < 1.29 is 9.66 Å². The van der Waals surface area contributed by atoms with Gasteiger partial charge in [-0.2, -0.15) is 5.10 Å². The van der Waals surface area contributed by atoms with Gasteiger partial charge in [-0.1, -0.05) is 30.3 Å². The number of H-pyrrole nitrogens is 1. The van der Waals surface area contributed by atoms with Crippen LogP contribution in [0.5, 0.6) is 5.88 Å². The molecule has 1 aromatic heterocycles. The van der Waals surface area contributed by atoms with Crippen LogP contribution in [0.15, 0.2) is 60.8 Å². The van der Waals surface area contributed by atoms with Crippen LogP contribution in [0, 0.1) is 10.1 Å². The molecule has 0 amide bonds. The van der Waals surface area contributed by atoms with Gasteiger partial charge in [0.05, 0.1) is 16.7 Å². The molecule has 3 aromatic rings. The molecule has 0 spiro atoms. The van der Waals surface area contributed by atoms with Crippen molar-refractivity contribution in [3.63, 3.8) is 0 Å². The summed E-state index contributed by atoms with van der Waals surface area (Å²) in [6, 6.07) is 16.1. The maximum Gasteiger partial charge on any atom is 0.269 e. The van der Waals surface area contributed by atoms with Crippen LogP contribution in [0.4, 0.5) is 5.69 Å². The highest BCUT2D eigenvalue weighted by Gasteiger charge is 2.11. The van der Waals surface area contributed by atoms with E-state index in [1.807, 2.05) is 30.3 Å². The second-order valence-corrected chi connectivity index (χ2v) is 4.69. The van der Waals surface area contributed by atoms with Gasteiger partial charge < -0.3 is 4.74 Å². The van der Waals surface area contributed by atoms with Crippen molar-refractivity contribution in [1.82, 2.24) is 10.2 Å². The zero-order valence-corrected chi connectivity index (χ0v) is 11.6. The molecule has 2 aromatic carbocycles. The number of rotatable bonds is 5. The number of nitro benzene ring substituents is 1. The Morgan fingerprint density at radius 3 is 2.50 bits per heavy atom. The molecule has 0 unspecified atom stereocenters. The Morgan fingerprint density at radius 1 is 1.09 bits per heavy atom. The molecule has 6 nitrogen and oxygen atoms in total. The van der Waals surface area contributed by atoms with Gasteiger partial charge in [0.25, 0.3) is 5.69 Å². The van der Waals surface area contributed by atoms with Crippen molar-refractivity contribution in [3.05, 3.63) is 76.5 Å². The quantitative estimate of drug-likeness (QED) is 0.576. The standard InChI is InChI=1S/C16H13N3O3/c20-19(21)14-8-6-13(7-9-14)15-10-17-18-16(15)22-11-12-4-2-1-3-5-12/h1-10H,11H2,(H,17,18).